The van der Waals surface area contributed by atoms with Crippen molar-refractivity contribution in [1.29, 1.82) is 0 Å². The maximum absolute atomic E-state index is 5.38. The van der Waals surface area contributed by atoms with E-state index in [1.54, 1.807) is 13.3 Å². The predicted octanol–water partition coefficient (Wildman–Crippen LogP) is 0.696. The zero-order valence-electron chi connectivity index (χ0n) is 9.42. The van der Waals surface area contributed by atoms with Gasteiger partial charge in [-0.2, -0.15) is 4.80 Å². The van der Waals surface area contributed by atoms with E-state index in [0.29, 0.717) is 12.2 Å². The van der Waals surface area contributed by atoms with Crippen molar-refractivity contribution < 1.29 is 4.42 Å². The van der Waals surface area contributed by atoms with Crippen molar-refractivity contribution in [2.45, 2.75) is 19.4 Å². The summed E-state index contributed by atoms with van der Waals surface area (Å²) in [5.41, 5.74) is 0. The quantitative estimate of drug-likeness (QED) is 0.804. The van der Waals surface area contributed by atoms with E-state index in [2.05, 4.69) is 27.7 Å². The SMILES string of the molecule is CCNC(Cc1nnn(C)n1)c1ccco1. The number of nitrogens with one attached hydrogen (secondary N) is 1. The Kier molecular flexibility index (Phi) is 3.31. The molecule has 1 unspecified atom stereocenters. The minimum Gasteiger partial charge on any atom is -0.468 e. The number of hydrogen-bond donors (Lipinski definition) is 1. The maximum Gasteiger partial charge on any atom is 0.176 e. The van der Waals surface area contributed by atoms with Gasteiger partial charge >= 0.3 is 0 Å². The maximum atomic E-state index is 5.38. The van der Waals surface area contributed by atoms with Gasteiger partial charge in [-0.3, -0.25) is 0 Å². The van der Waals surface area contributed by atoms with Gasteiger partial charge < -0.3 is 9.73 Å². The standard InChI is InChI=1S/C10H15N5O/c1-3-11-8(9-5-4-6-16-9)7-10-12-14-15(2)13-10/h4-6,8,11H,3,7H2,1-2H3. The molecule has 0 aliphatic heterocycles. The number of nitrogens with zero attached hydrogens (tertiary/aromatic N) is 4. The lowest BCUT2D eigenvalue weighted by molar-refractivity contribution is 0.411. The van der Waals surface area contributed by atoms with Crippen molar-refractivity contribution in [2.75, 3.05) is 6.54 Å². The molecule has 0 aliphatic carbocycles. The van der Waals surface area contributed by atoms with Gasteiger partial charge in [0.05, 0.1) is 19.4 Å². The second-order valence-corrected chi connectivity index (χ2v) is 3.52. The van der Waals surface area contributed by atoms with Crippen LogP contribution in [-0.2, 0) is 13.5 Å². The summed E-state index contributed by atoms with van der Waals surface area (Å²) < 4.78 is 5.38. The van der Waals surface area contributed by atoms with Gasteiger partial charge in [-0.05, 0) is 23.9 Å². The smallest absolute Gasteiger partial charge is 0.176 e. The third kappa shape index (κ3) is 2.46. The fourth-order valence-corrected chi connectivity index (χ4v) is 1.60. The molecule has 0 aliphatic rings. The molecule has 86 valence electrons. The minimum atomic E-state index is 0.101. The Morgan fingerprint density at radius 3 is 3.00 bits per heavy atom. The Morgan fingerprint density at radius 1 is 1.56 bits per heavy atom. The van der Waals surface area contributed by atoms with E-state index in [0.717, 1.165) is 12.3 Å². The van der Waals surface area contributed by atoms with Crippen LogP contribution in [0.1, 0.15) is 24.6 Å². The van der Waals surface area contributed by atoms with Crippen LogP contribution in [-0.4, -0.2) is 26.8 Å². The Hall–Kier alpha value is -1.69. The highest BCUT2D eigenvalue weighted by atomic mass is 16.3. The molecule has 0 amide bonds. The second-order valence-electron chi connectivity index (χ2n) is 3.52. The number of tetrazole rings is 1. The van der Waals surface area contributed by atoms with Crippen molar-refractivity contribution in [1.82, 2.24) is 25.5 Å². The predicted molar refractivity (Wildman–Crippen MR) is 57.6 cm³/mol. The molecule has 6 nitrogen and oxygen atoms in total. The number of aryl methyl sites for hydroxylation is 1. The van der Waals surface area contributed by atoms with Gasteiger partial charge in [-0.15, -0.1) is 10.2 Å². The zero-order valence-corrected chi connectivity index (χ0v) is 9.42. The lowest BCUT2D eigenvalue weighted by atomic mass is 10.1. The first kappa shape index (κ1) is 10.8. The number of hydrogen-bond acceptors (Lipinski definition) is 5. The van der Waals surface area contributed by atoms with Crippen LogP contribution in [0, 0.1) is 0 Å². The molecule has 6 heteroatoms. The van der Waals surface area contributed by atoms with Gasteiger partial charge in [0, 0.05) is 6.42 Å². The molecule has 0 saturated carbocycles. The molecule has 1 atom stereocenters. The van der Waals surface area contributed by atoms with E-state index in [1.807, 2.05) is 12.1 Å². The normalized spacial score (nSPS) is 12.9. The summed E-state index contributed by atoms with van der Waals surface area (Å²) >= 11 is 0. The molecule has 0 radical (unpaired) electrons. The van der Waals surface area contributed by atoms with Crippen LogP contribution >= 0.6 is 0 Å². The van der Waals surface area contributed by atoms with E-state index in [1.165, 1.54) is 4.80 Å². The first-order valence-electron chi connectivity index (χ1n) is 5.29. The highest BCUT2D eigenvalue weighted by molar-refractivity contribution is 5.06. The van der Waals surface area contributed by atoms with Gasteiger partial charge in [0.25, 0.3) is 0 Å². The van der Waals surface area contributed by atoms with Crippen LogP contribution in [0.15, 0.2) is 22.8 Å². The van der Waals surface area contributed by atoms with Gasteiger partial charge in [-0.1, -0.05) is 6.92 Å². The summed E-state index contributed by atoms with van der Waals surface area (Å²) in [6.45, 7) is 2.92. The van der Waals surface area contributed by atoms with Gasteiger partial charge in [0.2, 0.25) is 0 Å². The molecule has 0 saturated heterocycles. The summed E-state index contributed by atoms with van der Waals surface area (Å²) in [6, 6.07) is 3.93. The van der Waals surface area contributed by atoms with E-state index < -0.39 is 0 Å². The third-order valence-corrected chi connectivity index (χ3v) is 2.27. The highest BCUT2D eigenvalue weighted by Crippen LogP contribution is 2.16. The number of aromatic nitrogens is 4. The summed E-state index contributed by atoms with van der Waals surface area (Å²) in [5, 5.41) is 15.3. The lowest BCUT2D eigenvalue weighted by Gasteiger charge is -2.12. The molecule has 0 aromatic carbocycles. The van der Waals surface area contributed by atoms with Crippen LogP contribution < -0.4 is 5.32 Å². The van der Waals surface area contributed by atoms with Crippen LogP contribution in [0.25, 0.3) is 0 Å². The third-order valence-electron chi connectivity index (χ3n) is 2.27. The van der Waals surface area contributed by atoms with Crippen LogP contribution in [0.5, 0.6) is 0 Å². The molecule has 2 rings (SSSR count). The fraction of sp³-hybridized carbons (Fsp3) is 0.500. The van der Waals surface area contributed by atoms with Gasteiger partial charge in [0.15, 0.2) is 5.82 Å². The molecular weight excluding hydrogens is 206 g/mol. The van der Waals surface area contributed by atoms with Crippen molar-refractivity contribution in [3.8, 4) is 0 Å². The van der Waals surface area contributed by atoms with Crippen molar-refractivity contribution in [3.05, 3.63) is 30.0 Å². The van der Waals surface area contributed by atoms with E-state index >= 15 is 0 Å². The summed E-state index contributed by atoms with van der Waals surface area (Å²) in [4.78, 5) is 1.46. The largest absolute Gasteiger partial charge is 0.468 e. The Bertz CT molecular complexity index is 422. The lowest BCUT2D eigenvalue weighted by Crippen LogP contribution is -2.23. The summed E-state index contributed by atoms with van der Waals surface area (Å²) in [7, 11) is 1.76. The van der Waals surface area contributed by atoms with Gasteiger partial charge in [0.1, 0.15) is 5.76 Å². The Balaban J connectivity index is 2.09. The first-order valence-corrected chi connectivity index (χ1v) is 5.29. The summed E-state index contributed by atoms with van der Waals surface area (Å²) in [6.07, 6.45) is 2.35. The van der Waals surface area contributed by atoms with E-state index in [9.17, 15) is 0 Å². The highest BCUT2D eigenvalue weighted by Gasteiger charge is 2.16. The molecule has 2 heterocycles. The topological polar surface area (TPSA) is 68.8 Å². The van der Waals surface area contributed by atoms with Crippen LogP contribution in [0.2, 0.25) is 0 Å². The molecule has 0 fully saturated rings. The Labute approximate surface area is 93.6 Å². The molecule has 16 heavy (non-hydrogen) atoms. The molecule has 1 N–H and O–H groups in total. The molecular formula is C10H15N5O. The molecule has 2 aromatic rings. The molecule has 0 spiro atoms. The summed E-state index contributed by atoms with van der Waals surface area (Å²) in [5.74, 6) is 1.61. The second kappa shape index (κ2) is 4.89. The number of furan rings is 1. The van der Waals surface area contributed by atoms with Crippen molar-refractivity contribution >= 4 is 0 Å². The average Bonchev–Trinajstić information content (AvgIpc) is 2.88. The number of rotatable bonds is 5. The zero-order chi connectivity index (χ0) is 11.4. The average molecular weight is 221 g/mol. The first-order chi connectivity index (χ1) is 7.79. The van der Waals surface area contributed by atoms with E-state index in [4.69, 9.17) is 4.42 Å². The van der Waals surface area contributed by atoms with Crippen LogP contribution in [0.4, 0.5) is 0 Å². The van der Waals surface area contributed by atoms with E-state index in [-0.39, 0.29) is 6.04 Å². The monoisotopic (exact) mass is 221 g/mol. The minimum absolute atomic E-state index is 0.101. The molecule has 0 bridgehead atoms. The number of likely N-dealkylation sites (N-methyl/N-ethyl adjacent to an activating group) is 1. The fourth-order valence-electron chi connectivity index (χ4n) is 1.60. The van der Waals surface area contributed by atoms with Crippen molar-refractivity contribution in [2.24, 2.45) is 7.05 Å². The van der Waals surface area contributed by atoms with Gasteiger partial charge in [-0.25, -0.2) is 0 Å². The van der Waals surface area contributed by atoms with Crippen molar-refractivity contribution in [3.63, 3.8) is 0 Å². The molecule has 2 aromatic heterocycles. The van der Waals surface area contributed by atoms with Crippen LogP contribution in [0.3, 0.4) is 0 Å². The Morgan fingerprint density at radius 2 is 2.44 bits per heavy atom.